The van der Waals surface area contributed by atoms with Crippen LogP contribution in [0.4, 0.5) is 11.4 Å². The van der Waals surface area contributed by atoms with Gasteiger partial charge >= 0.3 is 5.97 Å². The Kier molecular flexibility index (Phi) is 4.28. The molecule has 0 saturated heterocycles. The van der Waals surface area contributed by atoms with Gasteiger partial charge in [0, 0.05) is 17.8 Å². The van der Waals surface area contributed by atoms with Crippen LogP contribution in [0.5, 0.6) is 0 Å². The monoisotopic (exact) mass is 310 g/mol. The molecule has 0 fully saturated rings. The summed E-state index contributed by atoms with van der Waals surface area (Å²) >= 11 is 0. The fraction of sp³-hybridized carbons (Fsp3) is 0.222. The third kappa shape index (κ3) is 3.51. The Hall–Kier alpha value is -2.82. The summed E-state index contributed by atoms with van der Waals surface area (Å²) in [6.45, 7) is 0. The van der Waals surface area contributed by atoms with Gasteiger partial charge in [-0.25, -0.2) is 4.79 Å². The molecule has 0 saturated carbocycles. The zero-order valence-electron chi connectivity index (χ0n) is 12.8. The number of carbonyl (C=O) groups is 2. The summed E-state index contributed by atoms with van der Waals surface area (Å²) in [7, 11) is 1.38. The largest absolute Gasteiger partial charge is 0.467 e. The van der Waals surface area contributed by atoms with Gasteiger partial charge in [-0.05, 0) is 29.3 Å². The number of amides is 1. The number of hydrogen-bond donors (Lipinski definition) is 2. The third-order valence-electron chi connectivity index (χ3n) is 3.84. The van der Waals surface area contributed by atoms with E-state index in [0.29, 0.717) is 12.8 Å². The summed E-state index contributed by atoms with van der Waals surface area (Å²) in [5.74, 6) is -0.325. The molecule has 0 aromatic heterocycles. The molecule has 2 N–H and O–H groups in total. The number of methoxy groups -OCH3 is 1. The summed E-state index contributed by atoms with van der Waals surface area (Å²) in [5.41, 5.74) is 3.61. The van der Waals surface area contributed by atoms with Gasteiger partial charge in [0.15, 0.2) is 0 Å². The zero-order valence-corrected chi connectivity index (χ0v) is 12.8. The fourth-order valence-electron chi connectivity index (χ4n) is 2.71. The molecule has 3 rings (SSSR count). The first-order chi connectivity index (χ1) is 11.2. The second-order valence-electron chi connectivity index (χ2n) is 5.51. The van der Waals surface area contributed by atoms with Gasteiger partial charge in [0.25, 0.3) is 0 Å². The molecule has 0 spiro atoms. The molecule has 1 aliphatic heterocycles. The number of fused-ring (bicyclic) bond motifs is 1. The molecule has 5 nitrogen and oxygen atoms in total. The SMILES string of the molecule is COC(=O)[C@H](Cc1ccccc1)Nc1ccc2c(c1)CC(=O)N2. The van der Waals surface area contributed by atoms with Crippen molar-refractivity contribution in [2.24, 2.45) is 0 Å². The molecule has 1 heterocycles. The molecular formula is C18H18N2O3. The number of ether oxygens (including phenoxy) is 1. The average molecular weight is 310 g/mol. The number of esters is 1. The highest BCUT2D eigenvalue weighted by Crippen LogP contribution is 2.26. The lowest BCUT2D eigenvalue weighted by molar-refractivity contribution is -0.141. The van der Waals surface area contributed by atoms with Gasteiger partial charge in [-0.1, -0.05) is 30.3 Å². The first-order valence-electron chi connectivity index (χ1n) is 7.47. The molecule has 23 heavy (non-hydrogen) atoms. The van der Waals surface area contributed by atoms with Gasteiger partial charge in [0.2, 0.25) is 5.91 Å². The smallest absolute Gasteiger partial charge is 0.328 e. The minimum Gasteiger partial charge on any atom is -0.467 e. The molecular weight excluding hydrogens is 292 g/mol. The molecule has 1 aliphatic rings. The lowest BCUT2D eigenvalue weighted by atomic mass is 10.1. The Morgan fingerprint density at radius 3 is 2.78 bits per heavy atom. The maximum Gasteiger partial charge on any atom is 0.328 e. The van der Waals surface area contributed by atoms with Crippen molar-refractivity contribution in [3.63, 3.8) is 0 Å². The van der Waals surface area contributed by atoms with Crippen molar-refractivity contribution in [2.75, 3.05) is 17.7 Å². The van der Waals surface area contributed by atoms with Crippen molar-refractivity contribution in [1.29, 1.82) is 0 Å². The minimum absolute atomic E-state index is 0.00838. The topological polar surface area (TPSA) is 67.4 Å². The lowest BCUT2D eigenvalue weighted by Crippen LogP contribution is -2.32. The van der Waals surface area contributed by atoms with Crippen LogP contribution < -0.4 is 10.6 Å². The Balaban J connectivity index is 1.78. The van der Waals surface area contributed by atoms with E-state index in [4.69, 9.17) is 4.74 Å². The maximum absolute atomic E-state index is 12.1. The van der Waals surface area contributed by atoms with Crippen LogP contribution in [-0.4, -0.2) is 25.0 Å². The molecule has 2 aromatic carbocycles. The van der Waals surface area contributed by atoms with E-state index in [2.05, 4.69) is 10.6 Å². The molecule has 118 valence electrons. The van der Waals surface area contributed by atoms with Crippen LogP contribution >= 0.6 is 0 Å². The van der Waals surface area contributed by atoms with Crippen molar-refractivity contribution in [3.05, 3.63) is 59.7 Å². The molecule has 2 aromatic rings. The Morgan fingerprint density at radius 1 is 1.26 bits per heavy atom. The first-order valence-corrected chi connectivity index (χ1v) is 7.47. The standard InChI is InChI=1S/C18H18N2O3/c1-23-18(22)16(9-12-5-3-2-4-6-12)19-14-7-8-15-13(10-14)11-17(21)20-15/h2-8,10,16,19H,9,11H2,1H3,(H,20,21)/t16-/m0/s1. The number of benzene rings is 2. The number of anilines is 2. The number of rotatable bonds is 5. The van der Waals surface area contributed by atoms with E-state index in [1.54, 1.807) is 0 Å². The second kappa shape index (κ2) is 6.52. The van der Waals surface area contributed by atoms with E-state index < -0.39 is 6.04 Å². The van der Waals surface area contributed by atoms with Gasteiger partial charge in [-0.15, -0.1) is 0 Å². The highest BCUT2D eigenvalue weighted by Gasteiger charge is 2.22. The molecule has 1 atom stereocenters. The summed E-state index contributed by atoms with van der Waals surface area (Å²) in [6.07, 6.45) is 0.897. The van der Waals surface area contributed by atoms with E-state index in [1.165, 1.54) is 7.11 Å². The third-order valence-corrected chi connectivity index (χ3v) is 3.84. The lowest BCUT2D eigenvalue weighted by Gasteiger charge is -2.18. The van der Waals surface area contributed by atoms with E-state index >= 15 is 0 Å². The van der Waals surface area contributed by atoms with Crippen LogP contribution in [0.15, 0.2) is 48.5 Å². The Labute approximate surface area is 134 Å². The van der Waals surface area contributed by atoms with Gasteiger partial charge in [0.1, 0.15) is 6.04 Å². The van der Waals surface area contributed by atoms with Crippen LogP contribution in [0.25, 0.3) is 0 Å². The maximum atomic E-state index is 12.1. The molecule has 0 radical (unpaired) electrons. The van der Waals surface area contributed by atoms with Crippen molar-refractivity contribution in [1.82, 2.24) is 0 Å². The van der Waals surface area contributed by atoms with E-state index in [9.17, 15) is 9.59 Å². The average Bonchev–Trinajstić information content (AvgIpc) is 2.93. The first kappa shape index (κ1) is 15.1. The van der Waals surface area contributed by atoms with Crippen LogP contribution in [0.2, 0.25) is 0 Å². The predicted molar refractivity (Wildman–Crippen MR) is 88.3 cm³/mol. The van der Waals surface area contributed by atoms with Crippen LogP contribution in [0, 0.1) is 0 Å². The van der Waals surface area contributed by atoms with E-state index in [0.717, 1.165) is 22.5 Å². The van der Waals surface area contributed by atoms with Gasteiger partial charge in [-0.2, -0.15) is 0 Å². The number of hydrogen-bond acceptors (Lipinski definition) is 4. The molecule has 0 aliphatic carbocycles. The van der Waals surface area contributed by atoms with Gasteiger partial charge in [-0.3, -0.25) is 4.79 Å². The van der Waals surface area contributed by atoms with Crippen LogP contribution in [0.1, 0.15) is 11.1 Å². The fourth-order valence-corrected chi connectivity index (χ4v) is 2.71. The highest BCUT2D eigenvalue weighted by molar-refractivity contribution is 5.99. The predicted octanol–water partition coefficient (Wildman–Crippen LogP) is 2.38. The zero-order chi connectivity index (χ0) is 16.2. The molecule has 5 heteroatoms. The molecule has 0 unspecified atom stereocenters. The quantitative estimate of drug-likeness (QED) is 0.832. The van der Waals surface area contributed by atoms with Crippen molar-refractivity contribution in [3.8, 4) is 0 Å². The summed E-state index contributed by atoms with van der Waals surface area (Å²) < 4.78 is 4.90. The normalized spacial score (nSPS) is 13.9. The van der Waals surface area contributed by atoms with Gasteiger partial charge < -0.3 is 15.4 Å². The summed E-state index contributed by atoms with van der Waals surface area (Å²) in [4.78, 5) is 23.5. The molecule has 0 bridgehead atoms. The summed E-state index contributed by atoms with van der Waals surface area (Å²) in [6, 6.07) is 14.9. The Bertz CT molecular complexity index is 728. The van der Waals surface area contributed by atoms with Crippen molar-refractivity contribution < 1.29 is 14.3 Å². The van der Waals surface area contributed by atoms with Gasteiger partial charge in [0.05, 0.1) is 13.5 Å². The van der Waals surface area contributed by atoms with Crippen molar-refractivity contribution in [2.45, 2.75) is 18.9 Å². The van der Waals surface area contributed by atoms with Crippen LogP contribution in [-0.2, 0) is 27.2 Å². The summed E-state index contributed by atoms with van der Waals surface area (Å²) in [5, 5.41) is 6.00. The van der Waals surface area contributed by atoms with Crippen molar-refractivity contribution >= 4 is 23.3 Å². The highest BCUT2D eigenvalue weighted by atomic mass is 16.5. The van der Waals surface area contributed by atoms with E-state index in [-0.39, 0.29) is 11.9 Å². The van der Waals surface area contributed by atoms with E-state index in [1.807, 2.05) is 48.5 Å². The number of carbonyl (C=O) groups excluding carboxylic acids is 2. The Morgan fingerprint density at radius 2 is 2.04 bits per heavy atom. The second-order valence-corrected chi connectivity index (χ2v) is 5.51. The van der Waals surface area contributed by atoms with Crippen LogP contribution in [0.3, 0.4) is 0 Å². The minimum atomic E-state index is -0.481. The number of nitrogens with one attached hydrogen (secondary N) is 2. The molecule has 1 amide bonds.